The van der Waals surface area contributed by atoms with Crippen molar-refractivity contribution in [3.8, 4) is 11.5 Å². The number of hydrogen-bond donors (Lipinski definition) is 2. The van der Waals surface area contributed by atoms with E-state index in [0.717, 1.165) is 25.7 Å². The molecule has 3 aliphatic rings. The molecule has 0 radical (unpaired) electrons. The first-order chi connectivity index (χ1) is 10.5. The lowest BCUT2D eigenvalue weighted by Gasteiger charge is -2.29. The van der Waals surface area contributed by atoms with Crippen LogP contribution in [0.2, 0.25) is 0 Å². The molecule has 0 aromatic heterocycles. The molecule has 0 aliphatic carbocycles. The minimum absolute atomic E-state index is 0.00794. The van der Waals surface area contributed by atoms with Crippen molar-refractivity contribution in [2.75, 3.05) is 6.79 Å². The number of benzene rings is 1. The van der Waals surface area contributed by atoms with E-state index in [-0.39, 0.29) is 17.7 Å². The molecule has 0 amide bonds. The Balaban J connectivity index is 1.58. The Morgan fingerprint density at radius 3 is 2.45 bits per heavy atom. The van der Waals surface area contributed by atoms with Gasteiger partial charge in [-0.2, -0.15) is 0 Å². The second kappa shape index (κ2) is 5.11. The summed E-state index contributed by atoms with van der Waals surface area (Å²) in [5.74, 6) is 1.10. The summed E-state index contributed by atoms with van der Waals surface area (Å²) in [5, 5.41) is 3.52. The maximum atomic E-state index is 12.7. The highest BCUT2D eigenvalue weighted by Gasteiger charge is 2.36. The van der Waals surface area contributed by atoms with Crippen molar-refractivity contribution in [2.24, 2.45) is 0 Å². The van der Waals surface area contributed by atoms with Crippen LogP contribution in [0.15, 0.2) is 17.0 Å². The van der Waals surface area contributed by atoms with E-state index >= 15 is 0 Å². The number of sulfonamides is 1. The molecule has 2 N–H and O–H groups in total. The molecule has 1 aromatic carbocycles. The van der Waals surface area contributed by atoms with Gasteiger partial charge in [-0.05, 0) is 44.2 Å². The number of nitrogens with one attached hydrogen (secondary N) is 2. The van der Waals surface area contributed by atoms with Gasteiger partial charge in [0.05, 0.1) is 4.90 Å². The molecule has 3 aliphatic heterocycles. The molecule has 2 atom stereocenters. The van der Waals surface area contributed by atoms with Crippen LogP contribution in [-0.4, -0.2) is 33.3 Å². The fourth-order valence-electron chi connectivity index (χ4n) is 3.75. The quantitative estimate of drug-likeness (QED) is 0.876. The minimum Gasteiger partial charge on any atom is -0.454 e. The molecular formula is C15H20N2O4S. The number of fused-ring (bicyclic) bond motifs is 3. The number of ether oxygens (including phenoxy) is 2. The Labute approximate surface area is 130 Å². The summed E-state index contributed by atoms with van der Waals surface area (Å²) in [6.45, 7) is 1.92. The van der Waals surface area contributed by atoms with Crippen LogP contribution in [-0.2, 0) is 10.0 Å². The monoisotopic (exact) mass is 324 g/mol. The molecule has 0 saturated carbocycles. The predicted molar refractivity (Wildman–Crippen MR) is 80.6 cm³/mol. The van der Waals surface area contributed by atoms with Crippen LogP contribution in [0, 0.1) is 6.92 Å². The summed E-state index contributed by atoms with van der Waals surface area (Å²) >= 11 is 0. The van der Waals surface area contributed by atoms with Crippen molar-refractivity contribution in [3.63, 3.8) is 0 Å². The van der Waals surface area contributed by atoms with Crippen molar-refractivity contribution in [2.45, 2.75) is 55.6 Å². The molecule has 2 bridgehead atoms. The third kappa shape index (κ3) is 2.47. The van der Waals surface area contributed by atoms with Crippen LogP contribution in [0.5, 0.6) is 11.5 Å². The highest BCUT2D eigenvalue weighted by atomic mass is 32.2. The van der Waals surface area contributed by atoms with Gasteiger partial charge in [0, 0.05) is 24.2 Å². The second-order valence-corrected chi connectivity index (χ2v) is 8.08. The Hall–Kier alpha value is -1.31. The van der Waals surface area contributed by atoms with E-state index in [1.807, 2.05) is 0 Å². The summed E-state index contributed by atoms with van der Waals surface area (Å²) in [5.41, 5.74) is 0.675. The van der Waals surface area contributed by atoms with Crippen LogP contribution < -0.4 is 19.5 Å². The van der Waals surface area contributed by atoms with Gasteiger partial charge in [0.15, 0.2) is 11.5 Å². The van der Waals surface area contributed by atoms with Gasteiger partial charge in [-0.3, -0.25) is 0 Å². The first kappa shape index (κ1) is 14.3. The molecule has 2 unspecified atom stereocenters. The van der Waals surface area contributed by atoms with Crippen LogP contribution in [0.1, 0.15) is 31.2 Å². The lowest BCUT2D eigenvalue weighted by atomic mass is 10.0. The number of piperidine rings is 1. The number of hydrogen-bond acceptors (Lipinski definition) is 5. The number of rotatable bonds is 3. The Bertz CT molecular complexity index is 692. The maximum Gasteiger partial charge on any atom is 0.241 e. The molecule has 2 saturated heterocycles. The van der Waals surface area contributed by atoms with E-state index in [1.54, 1.807) is 19.1 Å². The van der Waals surface area contributed by atoms with E-state index in [1.165, 1.54) is 0 Å². The summed E-state index contributed by atoms with van der Waals surface area (Å²) in [4.78, 5) is 0.280. The van der Waals surface area contributed by atoms with Crippen molar-refractivity contribution < 1.29 is 17.9 Å². The van der Waals surface area contributed by atoms with E-state index in [9.17, 15) is 8.42 Å². The largest absolute Gasteiger partial charge is 0.454 e. The predicted octanol–water partition coefficient (Wildman–Crippen LogP) is 1.29. The van der Waals surface area contributed by atoms with Crippen molar-refractivity contribution in [1.82, 2.24) is 10.0 Å². The average Bonchev–Trinajstić information content (AvgIpc) is 3.03. The molecule has 22 heavy (non-hydrogen) atoms. The maximum absolute atomic E-state index is 12.7. The standard InChI is InChI=1S/C15H20N2O4S/c1-9-4-13-14(21-8-20-13)7-15(9)22(18,19)17-12-5-10-2-3-11(6-12)16-10/h4,7,10-12,16-17H,2-3,5-6,8H2,1H3. The first-order valence-electron chi connectivity index (χ1n) is 7.70. The zero-order valence-electron chi connectivity index (χ0n) is 12.5. The number of aryl methyl sites for hydroxylation is 1. The lowest BCUT2D eigenvalue weighted by molar-refractivity contribution is 0.174. The zero-order valence-corrected chi connectivity index (χ0v) is 13.3. The molecule has 4 rings (SSSR count). The van der Waals surface area contributed by atoms with E-state index < -0.39 is 10.0 Å². The van der Waals surface area contributed by atoms with Gasteiger partial charge in [0.2, 0.25) is 16.8 Å². The van der Waals surface area contributed by atoms with Crippen molar-refractivity contribution >= 4 is 10.0 Å². The van der Waals surface area contributed by atoms with Crippen molar-refractivity contribution in [1.29, 1.82) is 0 Å². The smallest absolute Gasteiger partial charge is 0.241 e. The fraction of sp³-hybridized carbons (Fsp3) is 0.600. The summed E-state index contributed by atoms with van der Waals surface area (Å²) in [6.07, 6.45) is 4.01. The molecule has 7 heteroatoms. The highest BCUT2D eigenvalue weighted by molar-refractivity contribution is 7.89. The molecule has 6 nitrogen and oxygen atoms in total. The van der Waals surface area contributed by atoms with E-state index in [4.69, 9.17) is 9.47 Å². The second-order valence-electron chi connectivity index (χ2n) is 6.40. The van der Waals surface area contributed by atoms with Gasteiger partial charge < -0.3 is 14.8 Å². The molecule has 2 fully saturated rings. The van der Waals surface area contributed by atoms with Gasteiger partial charge in [0.25, 0.3) is 0 Å². The molecular weight excluding hydrogens is 304 g/mol. The Morgan fingerprint density at radius 1 is 1.14 bits per heavy atom. The molecule has 3 heterocycles. The molecule has 120 valence electrons. The normalized spacial score (nSPS) is 29.8. The lowest BCUT2D eigenvalue weighted by Crippen LogP contribution is -2.48. The zero-order chi connectivity index (χ0) is 15.3. The van der Waals surface area contributed by atoms with Crippen LogP contribution in [0.4, 0.5) is 0 Å². The minimum atomic E-state index is -3.54. The fourth-order valence-corrected chi connectivity index (χ4v) is 5.25. The van der Waals surface area contributed by atoms with Gasteiger partial charge in [-0.25, -0.2) is 13.1 Å². The Morgan fingerprint density at radius 2 is 1.77 bits per heavy atom. The van der Waals surface area contributed by atoms with Gasteiger partial charge in [0.1, 0.15) is 0 Å². The van der Waals surface area contributed by atoms with Gasteiger partial charge in [-0.15, -0.1) is 0 Å². The van der Waals surface area contributed by atoms with Gasteiger partial charge >= 0.3 is 0 Å². The summed E-state index contributed by atoms with van der Waals surface area (Å²) in [7, 11) is -3.54. The topological polar surface area (TPSA) is 76.7 Å². The van der Waals surface area contributed by atoms with Crippen LogP contribution >= 0.6 is 0 Å². The van der Waals surface area contributed by atoms with Gasteiger partial charge in [-0.1, -0.05) is 0 Å². The summed E-state index contributed by atoms with van der Waals surface area (Å²) in [6, 6.07) is 4.20. The summed E-state index contributed by atoms with van der Waals surface area (Å²) < 4.78 is 38.9. The average molecular weight is 324 g/mol. The van der Waals surface area contributed by atoms with Crippen molar-refractivity contribution in [3.05, 3.63) is 17.7 Å². The highest BCUT2D eigenvalue weighted by Crippen LogP contribution is 2.36. The molecule has 1 aromatic rings. The first-order valence-corrected chi connectivity index (χ1v) is 9.18. The van der Waals surface area contributed by atoms with E-state index in [0.29, 0.717) is 29.1 Å². The molecule has 0 spiro atoms. The Kier molecular flexibility index (Phi) is 3.32. The third-order valence-electron chi connectivity index (χ3n) is 4.75. The third-order valence-corrected chi connectivity index (χ3v) is 6.42. The SMILES string of the molecule is Cc1cc2c(cc1S(=O)(=O)NC1CC3CCC(C1)N3)OCO2. The van der Waals surface area contributed by atoms with Crippen LogP contribution in [0.3, 0.4) is 0 Å². The van der Waals surface area contributed by atoms with E-state index in [2.05, 4.69) is 10.0 Å². The van der Waals surface area contributed by atoms with Crippen LogP contribution in [0.25, 0.3) is 0 Å².